The van der Waals surface area contributed by atoms with E-state index in [1.165, 1.54) is 29.7 Å². The van der Waals surface area contributed by atoms with Gasteiger partial charge in [0, 0.05) is 11.4 Å². The summed E-state index contributed by atoms with van der Waals surface area (Å²) in [6, 6.07) is 0. The number of rotatable bonds is 3. The fraction of sp³-hybridized carbons (Fsp3) is 0.571. The van der Waals surface area contributed by atoms with Gasteiger partial charge in [-0.05, 0) is 44.6 Å². The van der Waals surface area contributed by atoms with Gasteiger partial charge in [0.05, 0.1) is 10.6 Å². The van der Waals surface area contributed by atoms with Crippen molar-refractivity contribution in [2.45, 2.75) is 52.5 Å². The molecule has 0 spiro atoms. The van der Waals surface area contributed by atoms with Crippen LogP contribution in [-0.2, 0) is 19.4 Å². The van der Waals surface area contributed by atoms with Gasteiger partial charge in [0.2, 0.25) is 0 Å². The van der Waals surface area contributed by atoms with Gasteiger partial charge < -0.3 is 10.3 Å². The van der Waals surface area contributed by atoms with Gasteiger partial charge >= 0.3 is 0 Å². The first kappa shape index (κ1) is 12.7. The molecule has 2 heterocycles. The number of nitrogens with two attached hydrogens (primary N) is 1. The lowest BCUT2D eigenvalue weighted by Gasteiger charge is -2.13. The number of aromatic nitrogens is 3. The molecule has 0 saturated carbocycles. The van der Waals surface area contributed by atoms with Crippen molar-refractivity contribution in [3.05, 3.63) is 16.3 Å². The van der Waals surface area contributed by atoms with Gasteiger partial charge in [-0.25, -0.2) is 0 Å². The number of hydrogen-bond donors (Lipinski definition) is 1. The Morgan fingerprint density at radius 3 is 2.84 bits per heavy atom. The molecule has 0 aliphatic heterocycles. The number of hydrogen-bond acceptors (Lipinski definition) is 4. The topological polar surface area (TPSA) is 56.7 Å². The predicted molar refractivity (Wildman–Crippen MR) is 79.4 cm³/mol. The van der Waals surface area contributed by atoms with Crippen LogP contribution >= 0.6 is 11.3 Å². The van der Waals surface area contributed by atoms with Crippen molar-refractivity contribution < 1.29 is 0 Å². The van der Waals surface area contributed by atoms with Crippen LogP contribution in [-0.4, -0.2) is 14.8 Å². The van der Waals surface area contributed by atoms with Crippen molar-refractivity contribution in [1.29, 1.82) is 0 Å². The molecular weight excluding hydrogens is 256 g/mol. The van der Waals surface area contributed by atoms with Crippen molar-refractivity contribution in [1.82, 2.24) is 14.8 Å². The van der Waals surface area contributed by atoms with Gasteiger partial charge in [-0.15, -0.1) is 21.5 Å². The maximum Gasteiger partial charge on any atom is 0.167 e. The molecule has 1 aliphatic rings. The monoisotopic (exact) mass is 276 g/mol. The van der Waals surface area contributed by atoms with Crippen molar-refractivity contribution in [3.8, 4) is 11.4 Å². The van der Waals surface area contributed by atoms with Crippen LogP contribution < -0.4 is 5.73 Å². The molecule has 2 N–H and O–H groups in total. The van der Waals surface area contributed by atoms with E-state index in [2.05, 4.69) is 21.7 Å². The minimum Gasteiger partial charge on any atom is -0.390 e. The first-order chi connectivity index (χ1) is 9.22. The van der Waals surface area contributed by atoms with Gasteiger partial charge in [-0.1, -0.05) is 6.92 Å². The highest BCUT2D eigenvalue weighted by Crippen LogP contribution is 2.41. The second-order valence-corrected chi connectivity index (χ2v) is 6.31. The van der Waals surface area contributed by atoms with E-state index in [1.54, 1.807) is 11.3 Å². The van der Waals surface area contributed by atoms with Crippen LogP contribution in [0.1, 0.15) is 42.5 Å². The SMILES string of the molecule is CCCn1c(C)nnc1-c1c(N)sc2c1CCCC2. The summed E-state index contributed by atoms with van der Waals surface area (Å²) in [5.74, 6) is 1.95. The molecule has 2 aromatic heterocycles. The molecule has 0 radical (unpaired) electrons. The third-order valence-electron chi connectivity index (χ3n) is 3.81. The van der Waals surface area contributed by atoms with E-state index in [0.29, 0.717) is 0 Å². The fourth-order valence-electron chi connectivity index (χ4n) is 2.89. The van der Waals surface area contributed by atoms with E-state index in [4.69, 9.17) is 5.73 Å². The Bertz CT molecular complexity index is 597. The highest BCUT2D eigenvalue weighted by Gasteiger charge is 2.24. The maximum atomic E-state index is 6.26. The molecule has 0 amide bonds. The minimum absolute atomic E-state index is 0.914. The van der Waals surface area contributed by atoms with E-state index in [0.717, 1.165) is 41.6 Å². The summed E-state index contributed by atoms with van der Waals surface area (Å²) >= 11 is 1.74. The minimum atomic E-state index is 0.914. The van der Waals surface area contributed by atoms with E-state index < -0.39 is 0 Å². The molecular formula is C14H20N4S. The van der Waals surface area contributed by atoms with E-state index in [1.807, 2.05) is 6.92 Å². The molecule has 0 fully saturated rings. The second-order valence-electron chi connectivity index (χ2n) is 5.17. The summed E-state index contributed by atoms with van der Waals surface area (Å²) in [6.45, 7) is 5.15. The molecule has 3 rings (SSSR count). The average Bonchev–Trinajstić information content (AvgIpc) is 2.91. The van der Waals surface area contributed by atoms with Crippen LogP contribution in [0.2, 0.25) is 0 Å². The zero-order chi connectivity index (χ0) is 13.4. The number of nitrogens with zero attached hydrogens (tertiary/aromatic N) is 3. The molecule has 1 aliphatic carbocycles. The zero-order valence-corrected chi connectivity index (χ0v) is 12.4. The molecule has 19 heavy (non-hydrogen) atoms. The van der Waals surface area contributed by atoms with Crippen LogP contribution in [0.3, 0.4) is 0 Å². The highest BCUT2D eigenvalue weighted by molar-refractivity contribution is 7.16. The van der Waals surface area contributed by atoms with E-state index in [9.17, 15) is 0 Å². The fourth-order valence-corrected chi connectivity index (χ4v) is 4.05. The van der Waals surface area contributed by atoms with Gasteiger partial charge in [0.1, 0.15) is 5.82 Å². The van der Waals surface area contributed by atoms with Crippen molar-refractivity contribution in [2.24, 2.45) is 0 Å². The molecule has 0 saturated heterocycles. The van der Waals surface area contributed by atoms with Crippen LogP contribution in [0.15, 0.2) is 0 Å². The Kier molecular flexibility index (Phi) is 3.31. The molecule has 4 nitrogen and oxygen atoms in total. The maximum absolute atomic E-state index is 6.26. The van der Waals surface area contributed by atoms with Gasteiger partial charge in [-0.2, -0.15) is 0 Å². The molecule has 5 heteroatoms. The second kappa shape index (κ2) is 4.96. The Balaban J connectivity index is 2.14. The van der Waals surface area contributed by atoms with Gasteiger partial charge in [-0.3, -0.25) is 0 Å². The molecule has 2 aromatic rings. The Labute approximate surface area is 117 Å². The van der Waals surface area contributed by atoms with Crippen LogP contribution in [0.5, 0.6) is 0 Å². The van der Waals surface area contributed by atoms with Crippen LogP contribution in [0.25, 0.3) is 11.4 Å². The Morgan fingerprint density at radius 2 is 2.05 bits per heavy atom. The quantitative estimate of drug-likeness (QED) is 0.936. The summed E-state index contributed by atoms with van der Waals surface area (Å²) < 4.78 is 2.20. The number of anilines is 1. The van der Waals surface area contributed by atoms with Crippen molar-refractivity contribution in [2.75, 3.05) is 5.73 Å². The molecule has 102 valence electrons. The average molecular weight is 276 g/mol. The largest absolute Gasteiger partial charge is 0.390 e. The number of nitrogen functional groups attached to an aromatic ring is 1. The summed E-state index contributed by atoms with van der Waals surface area (Å²) in [4.78, 5) is 1.46. The Morgan fingerprint density at radius 1 is 1.26 bits per heavy atom. The number of thiophene rings is 1. The van der Waals surface area contributed by atoms with E-state index >= 15 is 0 Å². The number of fused-ring (bicyclic) bond motifs is 1. The lowest BCUT2D eigenvalue weighted by Crippen LogP contribution is -2.05. The molecule has 0 bridgehead atoms. The lowest BCUT2D eigenvalue weighted by molar-refractivity contribution is 0.660. The van der Waals surface area contributed by atoms with Crippen molar-refractivity contribution >= 4 is 16.3 Å². The molecule has 0 atom stereocenters. The van der Waals surface area contributed by atoms with Crippen molar-refractivity contribution in [3.63, 3.8) is 0 Å². The predicted octanol–water partition coefficient (Wildman–Crippen LogP) is 3.19. The van der Waals surface area contributed by atoms with Gasteiger partial charge in [0.15, 0.2) is 5.82 Å². The summed E-state index contributed by atoms with van der Waals surface area (Å²) in [5, 5.41) is 9.54. The molecule has 0 unspecified atom stereocenters. The zero-order valence-electron chi connectivity index (χ0n) is 11.6. The molecule has 0 aromatic carbocycles. The highest BCUT2D eigenvalue weighted by atomic mass is 32.1. The number of aryl methyl sites for hydroxylation is 2. The first-order valence-electron chi connectivity index (χ1n) is 7.02. The van der Waals surface area contributed by atoms with E-state index in [-0.39, 0.29) is 0 Å². The van der Waals surface area contributed by atoms with Crippen LogP contribution in [0.4, 0.5) is 5.00 Å². The smallest absolute Gasteiger partial charge is 0.167 e. The third-order valence-corrected chi connectivity index (χ3v) is 4.93. The standard InChI is InChI=1S/C14H20N4S/c1-3-8-18-9(2)16-17-14(18)12-10-6-4-5-7-11(10)19-13(12)15/h3-8,15H2,1-2H3. The van der Waals surface area contributed by atoms with Gasteiger partial charge in [0.25, 0.3) is 0 Å². The third kappa shape index (κ3) is 2.06. The summed E-state index contributed by atoms with van der Waals surface area (Å²) in [6.07, 6.45) is 5.93. The van der Waals surface area contributed by atoms with Crippen LogP contribution in [0, 0.1) is 6.92 Å². The lowest BCUT2D eigenvalue weighted by atomic mass is 9.95. The first-order valence-corrected chi connectivity index (χ1v) is 7.84. The summed E-state index contributed by atoms with van der Waals surface area (Å²) in [5.41, 5.74) is 8.85. The summed E-state index contributed by atoms with van der Waals surface area (Å²) in [7, 11) is 0. The Hall–Kier alpha value is -1.36. The normalized spacial score (nSPS) is 14.6.